The Labute approximate surface area is 96.5 Å². The monoisotopic (exact) mass is 266 g/mol. The van der Waals surface area contributed by atoms with Gasteiger partial charge < -0.3 is 5.11 Å². The van der Waals surface area contributed by atoms with Crippen molar-refractivity contribution in [2.75, 3.05) is 0 Å². The number of halogens is 1. The molecular weight excluding hydrogens is 256 g/mol. The number of nitrogens with zero attached hydrogens (tertiary/aromatic N) is 2. The predicted octanol–water partition coefficient (Wildman–Crippen LogP) is 2.19. The fourth-order valence-electron chi connectivity index (χ4n) is 1.35. The fraction of sp³-hybridized carbons (Fsp3) is 0.182. The first-order valence-electron chi connectivity index (χ1n) is 4.65. The first-order chi connectivity index (χ1) is 7.28. The van der Waals surface area contributed by atoms with E-state index in [-0.39, 0.29) is 6.61 Å². The lowest BCUT2D eigenvalue weighted by molar-refractivity contribution is 0.275. The SMILES string of the molecule is OCc1ccn(Cc2ccc(Br)cc2)n1. The lowest BCUT2D eigenvalue weighted by Gasteiger charge is -2.01. The van der Waals surface area contributed by atoms with Gasteiger partial charge in [0, 0.05) is 10.7 Å². The van der Waals surface area contributed by atoms with Crippen LogP contribution in [0.25, 0.3) is 0 Å². The highest BCUT2D eigenvalue weighted by molar-refractivity contribution is 9.10. The molecule has 0 atom stereocenters. The quantitative estimate of drug-likeness (QED) is 0.925. The Bertz CT molecular complexity index is 436. The molecule has 0 aliphatic rings. The summed E-state index contributed by atoms with van der Waals surface area (Å²) in [5.74, 6) is 0. The second-order valence-corrected chi connectivity index (χ2v) is 4.20. The summed E-state index contributed by atoms with van der Waals surface area (Å²) in [7, 11) is 0. The molecule has 0 bridgehead atoms. The standard InChI is InChI=1S/C11H11BrN2O/c12-10-3-1-9(2-4-10)7-14-6-5-11(8-15)13-14/h1-6,15H,7-8H2. The average Bonchev–Trinajstić information content (AvgIpc) is 2.69. The van der Waals surface area contributed by atoms with Crippen LogP contribution in [0, 0.1) is 0 Å². The van der Waals surface area contributed by atoms with E-state index in [1.807, 2.05) is 41.2 Å². The molecule has 0 spiro atoms. The second-order valence-electron chi connectivity index (χ2n) is 3.29. The maximum absolute atomic E-state index is 8.87. The Balaban J connectivity index is 2.11. The van der Waals surface area contributed by atoms with Gasteiger partial charge in [-0.15, -0.1) is 0 Å². The molecule has 1 N–H and O–H groups in total. The third-order valence-corrected chi connectivity index (χ3v) is 2.64. The molecule has 1 heterocycles. The van der Waals surface area contributed by atoms with Crippen molar-refractivity contribution in [3.63, 3.8) is 0 Å². The molecule has 0 unspecified atom stereocenters. The van der Waals surface area contributed by atoms with Crippen LogP contribution in [0.2, 0.25) is 0 Å². The van der Waals surface area contributed by atoms with Crippen molar-refractivity contribution >= 4 is 15.9 Å². The zero-order chi connectivity index (χ0) is 10.7. The lowest BCUT2D eigenvalue weighted by atomic mass is 10.2. The molecule has 15 heavy (non-hydrogen) atoms. The van der Waals surface area contributed by atoms with Gasteiger partial charge in [-0.25, -0.2) is 0 Å². The molecule has 0 fully saturated rings. The summed E-state index contributed by atoms with van der Waals surface area (Å²) in [6.07, 6.45) is 1.87. The van der Waals surface area contributed by atoms with E-state index in [1.54, 1.807) is 0 Å². The number of rotatable bonds is 3. The molecule has 1 aromatic heterocycles. The molecule has 3 nitrogen and oxygen atoms in total. The lowest BCUT2D eigenvalue weighted by Crippen LogP contribution is -2.00. The summed E-state index contributed by atoms with van der Waals surface area (Å²) in [4.78, 5) is 0. The van der Waals surface area contributed by atoms with Crippen LogP contribution in [0.5, 0.6) is 0 Å². The molecule has 0 radical (unpaired) electrons. The van der Waals surface area contributed by atoms with Gasteiger partial charge in [-0.05, 0) is 23.8 Å². The largest absolute Gasteiger partial charge is 0.390 e. The Morgan fingerprint density at radius 1 is 1.20 bits per heavy atom. The Morgan fingerprint density at radius 3 is 2.53 bits per heavy atom. The molecule has 0 saturated heterocycles. The molecule has 2 aromatic rings. The number of hydrogen-bond acceptors (Lipinski definition) is 2. The smallest absolute Gasteiger partial charge is 0.0879 e. The van der Waals surface area contributed by atoms with Gasteiger partial charge in [-0.2, -0.15) is 5.10 Å². The molecule has 4 heteroatoms. The summed E-state index contributed by atoms with van der Waals surface area (Å²) in [6.45, 7) is 0.723. The topological polar surface area (TPSA) is 38.0 Å². The third-order valence-electron chi connectivity index (χ3n) is 2.12. The highest BCUT2D eigenvalue weighted by atomic mass is 79.9. The minimum Gasteiger partial charge on any atom is -0.390 e. The fourth-order valence-corrected chi connectivity index (χ4v) is 1.62. The van der Waals surface area contributed by atoms with Gasteiger partial charge in [0.1, 0.15) is 0 Å². The van der Waals surface area contributed by atoms with Crippen molar-refractivity contribution in [1.82, 2.24) is 9.78 Å². The van der Waals surface area contributed by atoms with Crippen LogP contribution in [0.1, 0.15) is 11.3 Å². The Morgan fingerprint density at radius 2 is 1.93 bits per heavy atom. The first-order valence-corrected chi connectivity index (χ1v) is 5.45. The van der Waals surface area contributed by atoms with Gasteiger partial charge in [0.25, 0.3) is 0 Å². The summed E-state index contributed by atoms with van der Waals surface area (Å²) in [5, 5.41) is 13.1. The number of aliphatic hydroxyl groups is 1. The summed E-state index contributed by atoms with van der Waals surface area (Å²) >= 11 is 3.39. The maximum Gasteiger partial charge on any atom is 0.0879 e. The maximum atomic E-state index is 8.87. The Kier molecular flexibility index (Phi) is 3.18. The summed E-state index contributed by atoms with van der Waals surface area (Å²) in [5.41, 5.74) is 1.89. The van der Waals surface area contributed by atoms with E-state index < -0.39 is 0 Å². The zero-order valence-corrected chi connectivity index (χ0v) is 9.68. The van der Waals surface area contributed by atoms with Crippen molar-refractivity contribution in [3.8, 4) is 0 Å². The Hall–Kier alpha value is -1.13. The first kappa shape index (κ1) is 10.4. The molecule has 1 aromatic carbocycles. The van der Waals surface area contributed by atoms with E-state index >= 15 is 0 Å². The minimum absolute atomic E-state index is 0.00661. The molecule has 0 aliphatic carbocycles. The van der Waals surface area contributed by atoms with E-state index in [0.717, 1.165) is 11.0 Å². The molecule has 0 aliphatic heterocycles. The van der Waals surface area contributed by atoms with E-state index in [1.165, 1.54) is 5.56 Å². The van der Waals surface area contributed by atoms with Gasteiger partial charge in [0.2, 0.25) is 0 Å². The van der Waals surface area contributed by atoms with Crippen LogP contribution < -0.4 is 0 Å². The van der Waals surface area contributed by atoms with Crippen LogP contribution in [0.3, 0.4) is 0 Å². The van der Waals surface area contributed by atoms with Crippen molar-refractivity contribution in [1.29, 1.82) is 0 Å². The number of benzene rings is 1. The normalized spacial score (nSPS) is 10.5. The number of aromatic nitrogens is 2. The van der Waals surface area contributed by atoms with E-state index in [9.17, 15) is 0 Å². The molecule has 78 valence electrons. The van der Waals surface area contributed by atoms with Crippen molar-refractivity contribution in [2.45, 2.75) is 13.2 Å². The van der Waals surface area contributed by atoms with Crippen LogP contribution >= 0.6 is 15.9 Å². The predicted molar refractivity (Wildman–Crippen MR) is 61.4 cm³/mol. The van der Waals surface area contributed by atoms with Crippen LogP contribution in [-0.2, 0) is 13.2 Å². The number of aliphatic hydroxyl groups excluding tert-OH is 1. The van der Waals surface area contributed by atoms with Gasteiger partial charge in [-0.1, -0.05) is 28.1 Å². The molecule has 0 saturated carbocycles. The van der Waals surface area contributed by atoms with Crippen LogP contribution in [-0.4, -0.2) is 14.9 Å². The van der Waals surface area contributed by atoms with Crippen molar-refractivity contribution < 1.29 is 5.11 Å². The van der Waals surface area contributed by atoms with Crippen molar-refractivity contribution in [3.05, 3.63) is 52.3 Å². The third kappa shape index (κ3) is 2.67. The molecular formula is C11H11BrN2O. The van der Waals surface area contributed by atoms with E-state index in [0.29, 0.717) is 5.69 Å². The number of hydrogen-bond donors (Lipinski definition) is 1. The van der Waals surface area contributed by atoms with Gasteiger partial charge in [0.15, 0.2) is 0 Å². The van der Waals surface area contributed by atoms with Crippen LogP contribution in [0.15, 0.2) is 41.0 Å². The highest BCUT2D eigenvalue weighted by Crippen LogP contribution is 2.11. The second kappa shape index (κ2) is 4.59. The summed E-state index contributed by atoms with van der Waals surface area (Å²) < 4.78 is 2.89. The van der Waals surface area contributed by atoms with Crippen molar-refractivity contribution in [2.24, 2.45) is 0 Å². The van der Waals surface area contributed by atoms with E-state index in [4.69, 9.17) is 5.11 Å². The summed E-state index contributed by atoms with van der Waals surface area (Å²) in [6, 6.07) is 9.92. The van der Waals surface area contributed by atoms with E-state index in [2.05, 4.69) is 21.0 Å². The minimum atomic E-state index is -0.00661. The average molecular weight is 267 g/mol. The van der Waals surface area contributed by atoms with Gasteiger partial charge in [0.05, 0.1) is 18.8 Å². The molecule has 0 amide bonds. The highest BCUT2D eigenvalue weighted by Gasteiger charge is 1.98. The van der Waals surface area contributed by atoms with Gasteiger partial charge >= 0.3 is 0 Å². The molecule has 2 rings (SSSR count). The van der Waals surface area contributed by atoms with Gasteiger partial charge in [-0.3, -0.25) is 4.68 Å². The van der Waals surface area contributed by atoms with Crippen LogP contribution in [0.4, 0.5) is 0 Å². The zero-order valence-electron chi connectivity index (χ0n) is 8.10.